The molecular formula is C12H12N2OS2. The summed E-state index contributed by atoms with van der Waals surface area (Å²) in [6.07, 6.45) is 1.92. The molecule has 0 aliphatic carbocycles. The Labute approximate surface area is 108 Å². The highest BCUT2D eigenvalue weighted by molar-refractivity contribution is 7.98. The van der Waals surface area contributed by atoms with Crippen LogP contribution in [0.25, 0.3) is 10.7 Å². The molecule has 5 heteroatoms. The summed E-state index contributed by atoms with van der Waals surface area (Å²) in [6, 6.07) is 3.95. The molecule has 0 fully saturated rings. The fourth-order valence-electron chi connectivity index (χ4n) is 1.62. The molecule has 0 radical (unpaired) electrons. The maximum atomic E-state index is 11.6. The van der Waals surface area contributed by atoms with Gasteiger partial charge in [0.05, 0.1) is 16.1 Å². The van der Waals surface area contributed by atoms with Crippen LogP contribution in [0.15, 0.2) is 22.5 Å². The Morgan fingerprint density at radius 1 is 1.41 bits per heavy atom. The lowest BCUT2D eigenvalue weighted by Gasteiger charge is -2.08. The minimum Gasteiger partial charge on any atom is -0.294 e. The average Bonchev–Trinajstić information content (AvgIpc) is 2.80. The largest absolute Gasteiger partial charge is 0.294 e. The lowest BCUT2D eigenvalue weighted by Crippen LogP contribution is -2.05. The van der Waals surface area contributed by atoms with Gasteiger partial charge >= 0.3 is 0 Å². The van der Waals surface area contributed by atoms with Gasteiger partial charge < -0.3 is 0 Å². The van der Waals surface area contributed by atoms with Crippen molar-refractivity contribution in [2.45, 2.75) is 18.9 Å². The Morgan fingerprint density at radius 2 is 2.18 bits per heavy atom. The quantitative estimate of drug-likeness (QED) is 0.484. The van der Waals surface area contributed by atoms with Gasteiger partial charge in [0.1, 0.15) is 5.03 Å². The van der Waals surface area contributed by atoms with Gasteiger partial charge in [0.2, 0.25) is 0 Å². The number of carbonyl (C=O) groups is 1. The molecule has 0 unspecified atom stereocenters. The van der Waals surface area contributed by atoms with Gasteiger partial charge in [-0.3, -0.25) is 4.79 Å². The molecule has 0 spiro atoms. The summed E-state index contributed by atoms with van der Waals surface area (Å²) in [5, 5.41) is 2.75. The Bertz CT molecular complexity index is 550. The SMILES string of the molecule is CSc1nc(-c2cccs2)nc(C)c1C(C)=O. The Hall–Kier alpha value is -1.20. The molecular weight excluding hydrogens is 252 g/mol. The second kappa shape index (κ2) is 4.98. The maximum Gasteiger partial charge on any atom is 0.170 e. The van der Waals surface area contributed by atoms with Gasteiger partial charge in [0.25, 0.3) is 0 Å². The standard InChI is InChI=1S/C12H12N2OS2/c1-7-10(8(2)15)12(16-3)14-11(13-7)9-5-4-6-17-9/h4-6H,1-3H3. The van der Waals surface area contributed by atoms with Crippen molar-refractivity contribution in [2.24, 2.45) is 0 Å². The molecule has 0 aliphatic heterocycles. The van der Waals surface area contributed by atoms with E-state index in [0.29, 0.717) is 11.4 Å². The number of carbonyl (C=O) groups excluding carboxylic acids is 1. The van der Waals surface area contributed by atoms with Gasteiger partial charge in [-0.25, -0.2) is 9.97 Å². The first-order valence-corrected chi connectivity index (χ1v) is 7.21. The molecule has 0 atom stereocenters. The van der Waals surface area contributed by atoms with Crippen molar-refractivity contribution in [1.82, 2.24) is 9.97 Å². The summed E-state index contributed by atoms with van der Waals surface area (Å²) in [6.45, 7) is 3.41. The smallest absolute Gasteiger partial charge is 0.170 e. The predicted molar refractivity (Wildman–Crippen MR) is 71.9 cm³/mol. The van der Waals surface area contributed by atoms with E-state index >= 15 is 0 Å². The second-order valence-corrected chi connectivity index (χ2v) is 5.29. The first kappa shape index (κ1) is 12.3. The lowest BCUT2D eigenvalue weighted by atomic mass is 10.2. The number of thiophene rings is 1. The van der Waals surface area contributed by atoms with Crippen molar-refractivity contribution in [3.05, 3.63) is 28.8 Å². The summed E-state index contributed by atoms with van der Waals surface area (Å²) >= 11 is 3.08. The number of thioether (sulfide) groups is 1. The first-order chi connectivity index (χ1) is 8.13. The first-order valence-electron chi connectivity index (χ1n) is 5.11. The molecule has 0 N–H and O–H groups in total. The normalized spacial score (nSPS) is 10.5. The fourth-order valence-corrected chi connectivity index (χ4v) is 2.95. The van der Waals surface area contributed by atoms with Crippen molar-refractivity contribution in [2.75, 3.05) is 6.26 Å². The molecule has 0 saturated carbocycles. The molecule has 2 aromatic rings. The summed E-state index contributed by atoms with van der Waals surface area (Å²) in [7, 11) is 0. The molecule has 0 amide bonds. The van der Waals surface area contributed by atoms with Crippen LogP contribution in [0, 0.1) is 6.92 Å². The number of nitrogens with zero attached hydrogens (tertiary/aromatic N) is 2. The van der Waals surface area contributed by atoms with Crippen molar-refractivity contribution in [1.29, 1.82) is 0 Å². The van der Waals surface area contributed by atoms with Crippen molar-refractivity contribution >= 4 is 28.9 Å². The fraction of sp³-hybridized carbons (Fsp3) is 0.250. The van der Waals surface area contributed by atoms with Crippen LogP contribution >= 0.6 is 23.1 Å². The zero-order chi connectivity index (χ0) is 12.4. The molecule has 3 nitrogen and oxygen atoms in total. The van der Waals surface area contributed by atoms with Crippen molar-refractivity contribution < 1.29 is 4.79 Å². The average molecular weight is 264 g/mol. The van der Waals surface area contributed by atoms with Gasteiger partial charge in [-0.15, -0.1) is 23.1 Å². The molecule has 0 aliphatic rings. The highest BCUT2D eigenvalue weighted by atomic mass is 32.2. The number of Topliss-reactive ketones (excluding diaryl/α,β-unsaturated/α-hetero) is 1. The Morgan fingerprint density at radius 3 is 2.71 bits per heavy atom. The van der Waals surface area contributed by atoms with E-state index in [4.69, 9.17) is 0 Å². The molecule has 0 bridgehead atoms. The zero-order valence-electron chi connectivity index (χ0n) is 9.85. The number of hydrogen-bond acceptors (Lipinski definition) is 5. The van der Waals surface area contributed by atoms with E-state index in [1.54, 1.807) is 18.3 Å². The summed E-state index contributed by atoms with van der Waals surface area (Å²) < 4.78 is 0. The van der Waals surface area contributed by atoms with Crippen LogP contribution in [0.4, 0.5) is 0 Å². The van der Waals surface area contributed by atoms with Crippen LogP contribution in [0.1, 0.15) is 23.0 Å². The molecule has 0 aromatic carbocycles. The van der Waals surface area contributed by atoms with Gasteiger partial charge in [-0.05, 0) is 31.5 Å². The number of aromatic nitrogens is 2. The third-order valence-electron chi connectivity index (χ3n) is 2.34. The number of ketones is 1. The summed E-state index contributed by atoms with van der Waals surface area (Å²) in [5.74, 6) is 0.719. The number of hydrogen-bond donors (Lipinski definition) is 0. The van der Waals surface area contributed by atoms with Crippen molar-refractivity contribution in [3.63, 3.8) is 0 Å². The number of aryl methyl sites for hydroxylation is 1. The summed E-state index contributed by atoms with van der Waals surface area (Å²) in [5.41, 5.74) is 1.39. The minimum atomic E-state index is 0.0181. The van der Waals surface area contributed by atoms with Crippen LogP contribution < -0.4 is 0 Å². The second-order valence-electron chi connectivity index (χ2n) is 3.55. The molecule has 0 saturated heterocycles. The van der Waals surface area contributed by atoms with Gasteiger partial charge in [0.15, 0.2) is 11.6 Å². The topological polar surface area (TPSA) is 42.9 Å². The van der Waals surface area contributed by atoms with Gasteiger partial charge in [-0.1, -0.05) is 6.07 Å². The maximum absolute atomic E-state index is 11.6. The van der Waals surface area contributed by atoms with E-state index in [1.807, 2.05) is 30.7 Å². The third kappa shape index (κ3) is 2.40. The van der Waals surface area contributed by atoms with E-state index in [2.05, 4.69) is 9.97 Å². The van der Waals surface area contributed by atoms with E-state index in [1.165, 1.54) is 11.8 Å². The third-order valence-corrected chi connectivity index (χ3v) is 3.89. The minimum absolute atomic E-state index is 0.0181. The Balaban J connectivity index is 2.60. The monoisotopic (exact) mass is 264 g/mol. The molecule has 2 aromatic heterocycles. The van der Waals surface area contributed by atoms with Crippen molar-refractivity contribution in [3.8, 4) is 10.7 Å². The predicted octanol–water partition coefficient (Wildman–Crippen LogP) is 3.44. The number of rotatable bonds is 3. The molecule has 88 valence electrons. The van der Waals surface area contributed by atoms with Crippen LogP contribution in [0.5, 0.6) is 0 Å². The molecule has 2 rings (SSSR count). The highest BCUT2D eigenvalue weighted by Gasteiger charge is 2.15. The zero-order valence-corrected chi connectivity index (χ0v) is 11.5. The van der Waals surface area contributed by atoms with Crippen LogP contribution in [0.2, 0.25) is 0 Å². The van der Waals surface area contributed by atoms with E-state index in [9.17, 15) is 4.79 Å². The van der Waals surface area contributed by atoms with E-state index in [0.717, 1.165) is 15.6 Å². The van der Waals surface area contributed by atoms with E-state index in [-0.39, 0.29) is 5.78 Å². The molecule has 17 heavy (non-hydrogen) atoms. The van der Waals surface area contributed by atoms with Gasteiger partial charge in [-0.2, -0.15) is 0 Å². The lowest BCUT2D eigenvalue weighted by molar-refractivity contribution is 0.101. The van der Waals surface area contributed by atoms with E-state index < -0.39 is 0 Å². The van der Waals surface area contributed by atoms with Crippen LogP contribution in [0.3, 0.4) is 0 Å². The van der Waals surface area contributed by atoms with Crippen LogP contribution in [-0.4, -0.2) is 22.0 Å². The van der Waals surface area contributed by atoms with Gasteiger partial charge in [0, 0.05) is 0 Å². The highest BCUT2D eigenvalue weighted by Crippen LogP contribution is 2.27. The summed E-state index contributed by atoms with van der Waals surface area (Å²) in [4.78, 5) is 21.4. The molecule has 2 heterocycles. The van der Waals surface area contributed by atoms with Crippen LogP contribution in [-0.2, 0) is 0 Å². The Kier molecular flexibility index (Phi) is 3.59.